The van der Waals surface area contributed by atoms with Gasteiger partial charge in [-0.3, -0.25) is 9.69 Å². The lowest BCUT2D eigenvalue weighted by atomic mass is 9.49. The number of nitrogens with zero attached hydrogens (tertiary/aromatic N) is 2. The van der Waals surface area contributed by atoms with Gasteiger partial charge in [0.15, 0.2) is 11.9 Å². The standard InChI is InChI=1S/C20H20N2O3/c1-2-8-22-9-7-19-16-12-3-4-13(11-21)17(16)25-18(19)14(23)5-6-20(19,24)15(22)10-12/h2-4,15,18,24H,1,5-10H2/t15-,18?,19+,20?/m1/s1. The number of carbonyl (C=O) groups is 1. The highest BCUT2D eigenvalue weighted by Gasteiger charge is 2.72. The predicted octanol–water partition coefficient (Wildman–Crippen LogP) is 1.47. The molecule has 4 atom stereocenters. The Morgan fingerprint density at radius 2 is 2.32 bits per heavy atom. The summed E-state index contributed by atoms with van der Waals surface area (Å²) in [6.07, 6.45) is 3.37. The Hall–Kier alpha value is -2.16. The van der Waals surface area contributed by atoms with E-state index in [1.807, 2.05) is 12.1 Å². The molecule has 4 aliphatic rings. The molecule has 5 heteroatoms. The summed E-state index contributed by atoms with van der Waals surface area (Å²) in [6, 6.07) is 5.90. The summed E-state index contributed by atoms with van der Waals surface area (Å²) in [4.78, 5) is 15.0. The van der Waals surface area contributed by atoms with Crippen LogP contribution in [-0.4, -0.2) is 46.6 Å². The molecule has 1 saturated heterocycles. The first-order valence-corrected chi connectivity index (χ1v) is 8.90. The molecule has 2 bridgehead atoms. The zero-order valence-corrected chi connectivity index (χ0v) is 14.0. The van der Waals surface area contributed by atoms with Gasteiger partial charge in [0.25, 0.3) is 0 Å². The van der Waals surface area contributed by atoms with E-state index in [2.05, 4.69) is 17.5 Å². The molecule has 0 amide bonds. The summed E-state index contributed by atoms with van der Waals surface area (Å²) in [6.45, 7) is 5.37. The van der Waals surface area contributed by atoms with E-state index in [0.29, 0.717) is 37.0 Å². The maximum atomic E-state index is 12.7. The van der Waals surface area contributed by atoms with Gasteiger partial charge in [0.05, 0.1) is 16.6 Å². The molecule has 128 valence electrons. The van der Waals surface area contributed by atoms with Gasteiger partial charge < -0.3 is 9.84 Å². The monoisotopic (exact) mass is 336 g/mol. The average Bonchev–Trinajstić information content (AvgIpc) is 2.96. The van der Waals surface area contributed by atoms with Crippen molar-refractivity contribution in [3.8, 4) is 11.8 Å². The maximum absolute atomic E-state index is 12.7. The zero-order valence-electron chi connectivity index (χ0n) is 14.0. The van der Waals surface area contributed by atoms with Crippen molar-refractivity contribution in [3.63, 3.8) is 0 Å². The molecule has 0 radical (unpaired) electrons. The Morgan fingerprint density at radius 3 is 3.08 bits per heavy atom. The second-order valence-corrected chi connectivity index (χ2v) is 7.70. The van der Waals surface area contributed by atoms with Crippen molar-refractivity contribution < 1.29 is 14.6 Å². The number of likely N-dealkylation sites (tertiary alicyclic amines) is 1. The van der Waals surface area contributed by atoms with Crippen LogP contribution >= 0.6 is 0 Å². The number of hydrogen-bond donors (Lipinski definition) is 1. The van der Waals surface area contributed by atoms with Gasteiger partial charge in [0, 0.05) is 31.1 Å². The van der Waals surface area contributed by atoms with Gasteiger partial charge in [0.1, 0.15) is 11.8 Å². The minimum Gasteiger partial charge on any atom is -0.480 e. The lowest BCUT2D eigenvalue weighted by Gasteiger charge is -2.62. The summed E-state index contributed by atoms with van der Waals surface area (Å²) in [5.41, 5.74) is 0.792. The number of aliphatic hydroxyl groups is 1. The second kappa shape index (κ2) is 4.72. The van der Waals surface area contributed by atoms with Crippen LogP contribution in [0.5, 0.6) is 5.75 Å². The third-order valence-electron chi connectivity index (χ3n) is 6.87. The Balaban J connectivity index is 1.81. The fraction of sp³-hybridized carbons (Fsp3) is 0.500. The van der Waals surface area contributed by atoms with Crippen molar-refractivity contribution in [2.75, 3.05) is 13.1 Å². The van der Waals surface area contributed by atoms with Crippen LogP contribution in [0.4, 0.5) is 0 Å². The van der Waals surface area contributed by atoms with Gasteiger partial charge in [-0.25, -0.2) is 0 Å². The molecular weight excluding hydrogens is 316 g/mol. The molecule has 2 aliphatic carbocycles. The molecule has 1 aromatic rings. The fourth-order valence-corrected chi connectivity index (χ4v) is 5.90. The molecule has 2 fully saturated rings. The van der Waals surface area contributed by atoms with E-state index < -0.39 is 17.1 Å². The number of hydrogen-bond acceptors (Lipinski definition) is 5. The lowest BCUT2D eigenvalue weighted by molar-refractivity contribution is -0.187. The van der Waals surface area contributed by atoms with Gasteiger partial charge in [0.2, 0.25) is 0 Å². The van der Waals surface area contributed by atoms with Crippen molar-refractivity contribution in [1.29, 1.82) is 5.26 Å². The highest BCUT2D eigenvalue weighted by molar-refractivity contribution is 5.90. The third kappa shape index (κ3) is 1.53. The van der Waals surface area contributed by atoms with Gasteiger partial charge in [-0.05, 0) is 30.9 Å². The summed E-state index contributed by atoms with van der Waals surface area (Å²) in [5, 5.41) is 21.4. The van der Waals surface area contributed by atoms with E-state index in [-0.39, 0.29) is 11.8 Å². The highest BCUT2D eigenvalue weighted by atomic mass is 16.5. The molecule has 1 saturated carbocycles. The van der Waals surface area contributed by atoms with Crippen LogP contribution in [0, 0.1) is 11.3 Å². The molecule has 25 heavy (non-hydrogen) atoms. The van der Waals surface area contributed by atoms with Crippen LogP contribution in [0.1, 0.15) is 36.0 Å². The SMILES string of the molecule is C=CCN1CC[C@]23c4c5ccc(C#N)c4OC2C(=O)CCC3(O)[C@H]1C5. The molecule has 1 N–H and O–H groups in total. The van der Waals surface area contributed by atoms with Crippen LogP contribution < -0.4 is 4.74 Å². The zero-order chi connectivity index (χ0) is 17.4. The summed E-state index contributed by atoms with van der Waals surface area (Å²) in [5.74, 6) is 0.586. The molecule has 2 aliphatic heterocycles. The Labute approximate surface area is 146 Å². The third-order valence-corrected chi connectivity index (χ3v) is 6.87. The Morgan fingerprint density at radius 1 is 1.48 bits per heavy atom. The maximum Gasteiger partial charge on any atom is 0.174 e. The van der Waals surface area contributed by atoms with Crippen molar-refractivity contribution in [3.05, 3.63) is 41.5 Å². The largest absolute Gasteiger partial charge is 0.480 e. The van der Waals surface area contributed by atoms with Crippen LogP contribution in [0.15, 0.2) is 24.8 Å². The van der Waals surface area contributed by atoms with Crippen molar-refractivity contribution in [2.24, 2.45) is 0 Å². The average molecular weight is 336 g/mol. The summed E-state index contributed by atoms with van der Waals surface area (Å²) >= 11 is 0. The Kier molecular flexibility index (Phi) is 2.85. The first-order chi connectivity index (χ1) is 12.1. The first-order valence-electron chi connectivity index (χ1n) is 8.90. The van der Waals surface area contributed by atoms with E-state index >= 15 is 0 Å². The number of Topliss-reactive ketones (excluding diaryl/α,β-unsaturated/α-hetero) is 1. The van der Waals surface area contributed by atoms with E-state index in [1.165, 1.54) is 0 Å². The minimum absolute atomic E-state index is 0.0496. The van der Waals surface area contributed by atoms with Gasteiger partial charge in [-0.2, -0.15) is 5.26 Å². The van der Waals surface area contributed by atoms with E-state index in [1.54, 1.807) is 6.07 Å². The molecule has 5 rings (SSSR count). The molecular formula is C20H20N2O3. The van der Waals surface area contributed by atoms with Crippen molar-refractivity contribution in [2.45, 2.75) is 48.8 Å². The summed E-state index contributed by atoms with van der Waals surface area (Å²) in [7, 11) is 0. The number of ketones is 1. The lowest BCUT2D eigenvalue weighted by Crippen LogP contribution is -2.76. The number of nitriles is 1. The topological polar surface area (TPSA) is 73.6 Å². The first kappa shape index (κ1) is 15.1. The number of benzene rings is 1. The van der Waals surface area contributed by atoms with Gasteiger partial charge in [-0.15, -0.1) is 6.58 Å². The minimum atomic E-state index is -1.00. The predicted molar refractivity (Wildman–Crippen MR) is 90.3 cm³/mol. The Bertz CT molecular complexity index is 857. The fourth-order valence-electron chi connectivity index (χ4n) is 5.90. The smallest absolute Gasteiger partial charge is 0.174 e. The molecule has 1 spiro atoms. The highest BCUT2D eigenvalue weighted by Crippen LogP contribution is 2.63. The number of ether oxygens (including phenoxy) is 1. The molecule has 2 unspecified atom stereocenters. The molecule has 1 aromatic carbocycles. The molecule has 5 nitrogen and oxygen atoms in total. The van der Waals surface area contributed by atoms with Crippen LogP contribution in [0.25, 0.3) is 0 Å². The number of piperidine rings is 1. The number of rotatable bonds is 2. The van der Waals surface area contributed by atoms with E-state index in [4.69, 9.17) is 4.74 Å². The van der Waals surface area contributed by atoms with E-state index in [0.717, 1.165) is 24.2 Å². The van der Waals surface area contributed by atoms with Gasteiger partial charge >= 0.3 is 0 Å². The van der Waals surface area contributed by atoms with Gasteiger partial charge in [-0.1, -0.05) is 12.1 Å². The second-order valence-electron chi connectivity index (χ2n) is 7.70. The molecule has 0 aromatic heterocycles. The van der Waals surface area contributed by atoms with Crippen LogP contribution in [-0.2, 0) is 16.6 Å². The summed E-state index contributed by atoms with van der Waals surface area (Å²) < 4.78 is 6.10. The molecule has 2 heterocycles. The van der Waals surface area contributed by atoms with E-state index in [9.17, 15) is 15.2 Å². The quantitative estimate of drug-likeness (QED) is 0.828. The van der Waals surface area contributed by atoms with Crippen LogP contribution in [0.2, 0.25) is 0 Å². The number of carbonyl (C=O) groups excluding carboxylic acids is 1. The van der Waals surface area contributed by atoms with Crippen molar-refractivity contribution in [1.82, 2.24) is 4.90 Å². The van der Waals surface area contributed by atoms with Crippen molar-refractivity contribution >= 4 is 5.78 Å². The normalized spacial score (nSPS) is 37.8. The van der Waals surface area contributed by atoms with Crippen LogP contribution in [0.3, 0.4) is 0 Å².